The third-order valence-electron chi connectivity index (χ3n) is 4.93. The van der Waals surface area contributed by atoms with Crippen molar-refractivity contribution in [3.05, 3.63) is 41.4 Å². The van der Waals surface area contributed by atoms with Crippen LogP contribution < -0.4 is 9.42 Å². The Kier molecular flexibility index (Phi) is 7.28. The SMILES string of the molecule is CC(C)[C@H](N=[P+]([O-])Oc1c(Cl)ccc2ccccc12)C(=O)OC1CCCCC1. The summed E-state index contributed by atoms with van der Waals surface area (Å²) in [4.78, 5) is 25.2. The van der Waals surface area contributed by atoms with Gasteiger partial charge in [0.1, 0.15) is 6.10 Å². The van der Waals surface area contributed by atoms with Gasteiger partial charge in [-0.2, -0.15) is 0 Å². The average Bonchev–Trinajstić information content (AvgIpc) is 2.69. The van der Waals surface area contributed by atoms with E-state index in [9.17, 15) is 9.69 Å². The second kappa shape index (κ2) is 9.69. The molecule has 0 N–H and O–H groups in total. The van der Waals surface area contributed by atoms with Crippen LogP contribution in [0.5, 0.6) is 5.75 Å². The molecule has 0 saturated heterocycles. The molecule has 2 aromatic rings. The maximum absolute atomic E-state index is 12.6. The van der Waals surface area contributed by atoms with Crippen LogP contribution in [-0.4, -0.2) is 18.1 Å². The number of benzene rings is 2. The lowest BCUT2D eigenvalue weighted by Crippen LogP contribution is -2.31. The van der Waals surface area contributed by atoms with Crippen molar-refractivity contribution in [2.45, 2.75) is 58.1 Å². The largest absolute Gasteiger partial charge is 0.575 e. The molecule has 7 heteroatoms. The molecule has 0 amide bonds. The van der Waals surface area contributed by atoms with Gasteiger partial charge in [-0.15, -0.1) is 0 Å². The minimum absolute atomic E-state index is 0.0657. The molecule has 5 nitrogen and oxygen atoms in total. The van der Waals surface area contributed by atoms with Crippen molar-refractivity contribution >= 4 is 36.5 Å². The Hall–Kier alpha value is -1.68. The highest BCUT2D eigenvalue weighted by atomic mass is 35.5. The Bertz CT molecular complexity index is 865. The fourth-order valence-electron chi connectivity index (χ4n) is 3.38. The highest BCUT2D eigenvalue weighted by Gasteiger charge is 2.30. The Morgan fingerprint density at radius 1 is 1.18 bits per heavy atom. The normalized spacial score (nSPS) is 17.0. The van der Waals surface area contributed by atoms with Gasteiger partial charge in [-0.05, 0) is 43.1 Å². The number of carbonyl (C=O) groups is 1. The zero-order chi connectivity index (χ0) is 20.1. The standard InChI is InChI=1S/C21H25ClNO4P/c1-14(2)19(21(24)26-16-9-4-3-5-10-16)23-28(25)27-20-17-11-7-6-8-15(17)12-13-18(20)22/h6-8,11-14,16,19H,3-5,9-10H2,1-2H3/t19-/m0/s1. The number of nitrogens with zero attached hydrogens (tertiary/aromatic N) is 1. The molecule has 3 rings (SSSR count). The Morgan fingerprint density at radius 3 is 2.61 bits per heavy atom. The molecule has 2 aromatic carbocycles. The van der Waals surface area contributed by atoms with Gasteiger partial charge in [-0.3, -0.25) is 4.52 Å². The first-order chi connectivity index (χ1) is 13.5. The molecule has 150 valence electrons. The van der Waals surface area contributed by atoms with Gasteiger partial charge in [0, 0.05) is 5.39 Å². The van der Waals surface area contributed by atoms with E-state index in [1.807, 2.05) is 44.2 Å². The van der Waals surface area contributed by atoms with E-state index in [2.05, 4.69) is 4.74 Å². The van der Waals surface area contributed by atoms with Crippen molar-refractivity contribution in [2.75, 3.05) is 0 Å². The first kappa shape index (κ1) is 21.0. The van der Waals surface area contributed by atoms with Gasteiger partial charge in [-0.1, -0.05) is 66.9 Å². The first-order valence-corrected chi connectivity index (χ1v) is 11.2. The van der Waals surface area contributed by atoms with Crippen LogP contribution in [0.2, 0.25) is 5.02 Å². The Morgan fingerprint density at radius 2 is 1.89 bits per heavy atom. The van der Waals surface area contributed by atoms with Gasteiger partial charge in [0.15, 0.2) is 6.04 Å². The molecular formula is C21H25ClNO4P. The molecule has 0 aromatic heterocycles. The zero-order valence-electron chi connectivity index (χ0n) is 16.1. The number of hydrogen-bond donors (Lipinski definition) is 0. The van der Waals surface area contributed by atoms with E-state index in [1.165, 1.54) is 6.42 Å². The topological polar surface area (TPSA) is 71.0 Å². The zero-order valence-corrected chi connectivity index (χ0v) is 17.8. The lowest BCUT2D eigenvalue weighted by atomic mass is 9.97. The van der Waals surface area contributed by atoms with Crippen LogP contribution in [-0.2, 0) is 9.53 Å². The highest BCUT2D eigenvalue weighted by Crippen LogP contribution is 2.38. The smallest absolute Gasteiger partial charge is 0.395 e. The number of hydrogen-bond acceptors (Lipinski definition) is 5. The average molecular weight is 422 g/mol. The minimum atomic E-state index is -2.48. The lowest BCUT2D eigenvalue weighted by molar-refractivity contribution is -0.170. The second-order valence-electron chi connectivity index (χ2n) is 7.43. The summed E-state index contributed by atoms with van der Waals surface area (Å²) in [5, 5.41) is 2.02. The van der Waals surface area contributed by atoms with Gasteiger partial charge < -0.3 is 9.63 Å². The molecule has 2 atom stereocenters. The number of ether oxygens (including phenoxy) is 1. The molecule has 1 aliphatic rings. The summed E-state index contributed by atoms with van der Waals surface area (Å²) in [6.45, 7) is 3.70. The molecule has 0 bridgehead atoms. The summed E-state index contributed by atoms with van der Waals surface area (Å²) in [7, 11) is -2.48. The van der Waals surface area contributed by atoms with Crippen LogP contribution in [0.3, 0.4) is 0 Å². The van der Waals surface area contributed by atoms with Crippen molar-refractivity contribution in [3.8, 4) is 5.75 Å². The van der Waals surface area contributed by atoms with E-state index < -0.39 is 20.2 Å². The van der Waals surface area contributed by atoms with Crippen LogP contribution in [0.1, 0.15) is 46.0 Å². The third-order valence-corrected chi connectivity index (χ3v) is 6.00. The number of rotatable bonds is 6. The van der Waals surface area contributed by atoms with Crippen molar-refractivity contribution in [1.29, 1.82) is 0 Å². The molecular weight excluding hydrogens is 397 g/mol. The number of halogens is 1. The van der Waals surface area contributed by atoms with Gasteiger partial charge in [0.25, 0.3) is 0 Å². The van der Waals surface area contributed by atoms with Gasteiger partial charge >= 0.3 is 14.1 Å². The second-order valence-corrected chi connectivity index (χ2v) is 8.72. The van der Waals surface area contributed by atoms with E-state index in [-0.39, 0.29) is 12.0 Å². The van der Waals surface area contributed by atoms with E-state index in [0.29, 0.717) is 10.8 Å². The van der Waals surface area contributed by atoms with Crippen LogP contribution >= 0.6 is 19.8 Å². The van der Waals surface area contributed by atoms with Crippen molar-refractivity contribution in [1.82, 2.24) is 0 Å². The fraction of sp³-hybridized carbons (Fsp3) is 0.476. The van der Waals surface area contributed by atoms with Crippen LogP contribution in [0.15, 0.2) is 41.1 Å². The molecule has 1 fully saturated rings. The first-order valence-electron chi connectivity index (χ1n) is 9.69. The van der Waals surface area contributed by atoms with E-state index in [1.54, 1.807) is 6.07 Å². The third kappa shape index (κ3) is 5.22. The maximum atomic E-state index is 12.6. The van der Waals surface area contributed by atoms with Gasteiger partial charge in [0.2, 0.25) is 5.75 Å². The molecule has 0 spiro atoms. The summed E-state index contributed by atoms with van der Waals surface area (Å²) in [6, 6.07) is 10.2. The predicted octanol–water partition coefficient (Wildman–Crippen LogP) is 5.63. The van der Waals surface area contributed by atoms with E-state index in [0.717, 1.165) is 36.5 Å². The number of fused-ring (bicyclic) bond motifs is 1. The maximum Gasteiger partial charge on any atom is 0.395 e. The summed E-state index contributed by atoms with van der Waals surface area (Å²) in [5.74, 6) is -0.271. The monoisotopic (exact) mass is 421 g/mol. The molecule has 0 heterocycles. The Labute approximate surface area is 171 Å². The summed E-state index contributed by atoms with van der Waals surface area (Å²) in [5.41, 5.74) is 0. The highest BCUT2D eigenvalue weighted by molar-refractivity contribution is 7.34. The quantitative estimate of drug-likeness (QED) is 0.447. The van der Waals surface area contributed by atoms with Gasteiger partial charge in [0.05, 0.1) is 5.02 Å². The van der Waals surface area contributed by atoms with Crippen LogP contribution in [0, 0.1) is 5.92 Å². The Balaban J connectivity index is 1.78. The summed E-state index contributed by atoms with van der Waals surface area (Å²) < 4.78 is 15.3. The molecule has 0 aliphatic heterocycles. The van der Waals surface area contributed by atoms with Crippen molar-refractivity contribution < 1.29 is 18.9 Å². The molecule has 1 aliphatic carbocycles. The molecule has 1 unspecified atom stereocenters. The minimum Gasteiger partial charge on any atom is -0.575 e. The predicted molar refractivity (Wildman–Crippen MR) is 111 cm³/mol. The number of carbonyl (C=O) groups excluding carboxylic acids is 1. The fourth-order valence-corrected chi connectivity index (χ4v) is 4.60. The molecule has 0 radical (unpaired) electrons. The van der Waals surface area contributed by atoms with E-state index in [4.69, 9.17) is 20.9 Å². The van der Waals surface area contributed by atoms with Gasteiger partial charge in [-0.25, -0.2) is 4.79 Å². The van der Waals surface area contributed by atoms with Crippen molar-refractivity contribution in [3.63, 3.8) is 0 Å². The van der Waals surface area contributed by atoms with E-state index >= 15 is 0 Å². The van der Waals surface area contributed by atoms with Crippen LogP contribution in [0.4, 0.5) is 0 Å². The van der Waals surface area contributed by atoms with Crippen LogP contribution in [0.25, 0.3) is 10.8 Å². The molecule has 1 saturated carbocycles. The van der Waals surface area contributed by atoms with Crippen molar-refractivity contribution in [2.24, 2.45) is 10.7 Å². The number of esters is 1. The summed E-state index contributed by atoms with van der Waals surface area (Å²) in [6.07, 6.45) is 5.01. The lowest BCUT2D eigenvalue weighted by Gasteiger charge is -2.23. The summed E-state index contributed by atoms with van der Waals surface area (Å²) >= 11 is 6.25. The molecule has 28 heavy (non-hydrogen) atoms.